The van der Waals surface area contributed by atoms with Crippen LogP contribution in [-0.4, -0.2) is 35.9 Å². The molecule has 0 spiro atoms. The third kappa shape index (κ3) is 4.57. The maximum atomic E-state index is 13.1. The fourth-order valence-corrected chi connectivity index (χ4v) is 1.44. The minimum atomic E-state index is -0.387. The quantitative estimate of drug-likeness (QED) is 0.523. The number of hydrogen-bond donors (Lipinski definition) is 0. The van der Waals surface area contributed by atoms with E-state index >= 15 is 0 Å². The Morgan fingerprint density at radius 2 is 2.25 bits per heavy atom. The third-order valence-electron chi connectivity index (χ3n) is 2.17. The molecule has 0 aromatic heterocycles. The van der Waals surface area contributed by atoms with Crippen LogP contribution in [0.15, 0.2) is 18.2 Å². The van der Waals surface area contributed by atoms with Crippen molar-refractivity contribution in [2.45, 2.75) is 25.6 Å². The van der Waals surface area contributed by atoms with Crippen molar-refractivity contribution in [3.05, 3.63) is 30.1 Å². The van der Waals surface area contributed by atoms with Crippen molar-refractivity contribution < 1.29 is 30.8 Å². The molecule has 1 aliphatic heterocycles. The van der Waals surface area contributed by atoms with E-state index in [-0.39, 0.29) is 57.9 Å². The van der Waals surface area contributed by atoms with Gasteiger partial charge in [0, 0.05) is 18.0 Å². The van der Waals surface area contributed by atoms with Gasteiger partial charge in [0.05, 0.1) is 6.61 Å². The van der Waals surface area contributed by atoms with Gasteiger partial charge in [-0.05, 0) is 12.8 Å². The molecular formula is C11H12BrFMgO2. The van der Waals surface area contributed by atoms with Gasteiger partial charge in [0.2, 0.25) is 0 Å². The van der Waals surface area contributed by atoms with Crippen LogP contribution in [0.25, 0.3) is 0 Å². The SMILES string of the molecule is Fc1c[c-]ccc1OC1CCCCO1.[Br-].[Mg+2]. The molecule has 1 unspecified atom stereocenters. The average Bonchev–Trinajstić information content (AvgIpc) is 2.23. The van der Waals surface area contributed by atoms with Crippen LogP contribution in [-0.2, 0) is 4.74 Å². The number of rotatable bonds is 2. The zero-order chi connectivity index (χ0) is 9.80. The van der Waals surface area contributed by atoms with Gasteiger partial charge >= 0.3 is 23.1 Å². The summed E-state index contributed by atoms with van der Waals surface area (Å²) in [5.74, 6) is -0.141. The van der Waals surface area contributed by atoms with Crippen LogP contribution >= 0.6 is 0 Å². The molecule has 1 fully saturated rings. The Labute approximate surface area is 121 Å². The van der Waals surface area contributed by atoms with E-state index in [1.165, 1.54) is 6.07 Å². The molecule has 1 aromatic rings. The molecular weight excluding hydrogens is 287 g/mol. The molecule has 5 heteroatoms. The molecule has 0 radical (unpaired) electrons. The molecule has 84 valence electrons. The monoisotopic (exact) mass is 298 g/mol. The van der Waals surface area contributed by atoms with Crippen molar-refractivity contribution in [1.29, 1.82) is 0 Å². The Bertz CT molecular complexity index is 306. The second-order valence-electron chi connectivity index (χ2n) is 3.27. The zero-order valence-electron chi connectivity index (χ0n) is 8.92. The van der Waals surface area contributed by atoms with Gasteiger partial charge in [-0.2, -0.15) is 12.1 Å². The molecule has 0 aliphatic carbocycles. The van der Waals surface area contributed by atoms with Crippen molar-refractivity contribution in [2.24, 2.45) is 0 Å². The van der Waals surface area contributed by atoms with E-state index in [1.54, 1.807) is 12.1 Å². The summed E-state index contributed by atoms with van der Waals surface area (Å²) in [4.78, 5) is 0. The minimum Gasteiger partial charge on any atom is -1.00 e. The van der Waals surface area contributed by atoms with E-state index in [4.69, 9.17) is 9.47 Å². The molecule has 1 heterocycles. The summed E-state index contributed by atoms with van der Waals surface area (Å²) in [6.45, 7) is 0.700. The Morgan fingerprint density at radius 3 is 2.88 bits per heavy atom. The topological polar surface area (TPSA) is 18.5 Å². The summed E-state index contributed by atoms with van der Waals surface area (Å²) < 4.78 is 23.8. The fraction of sp³-hybridized carbons (Fsp3) is 0.455. The Balaban J connectivity index is 0.00000112. The molecule has 1 aromatic carbocycles. The van der Waals surface area contributed by atoms with E-state index in [1.807, 2.05) is 0 Å². The van der Waals surface area contributed by atoms with Crippen LogP contribution < -0.4 is 21.7 Å². The largest absolute Gasteiger partial charge is 2.00 e. The first-order valence-electron chi connectivity index (χ1n) is 4.80. The number of hydrogen-bond acceptors (Lipinski definition) is 2. The van der Waals surface area contributed by atoms with Crippen LogP contribution in [0.1, 0.15) is 19.3 Å². The summed E-state index contributed by atoms with van der Waals surface area (Å²) in [5.41, 5.74) is 0. The molecule has 1 aliphatic rings. The summed E-state index contributed by atoms with van der Waals surface area (Å²) in [7, 11) is 0. The second-order valence-corrected chi connectivity index (χ2v) is 3.27. The number of benzene rings is 1. The molecule has 2 rings (SSSR count). The van der Waals surface area contributed by atoms with Crippen molar-refractivity contribution in [1.82, 2.24) is 0 Å². The molecule has 1 saturated heterocycles. The van der Waals surface area contributed by atoms with E-state index in [2.05, 4.69) is 6.07 Å². The van der Waals surface area contributed by atoms with Crippen LogP contribution in [0.5, 0.6) is 5.75 Å². The average molecular weight is 299 g/mol. The van der Waals surface area contributed by atoms with E-state index < -0.39 is 0 Å². The Morgan fingerprint density at radius 1 is 1.44 bits per heavy atom. The standard InChI is InChI=1S/C11H12FO2.BrH.Mg/c12-9-5-1-2-6-10(9)14-11-7-3-4-8-13-11;;/h2,5-6,11H,3-4,7-8H2;1H;/q-1;;+2/p-1. The van der Waals surface area contributed by atoms with Gasteiger partial charge < -0.3 is 26.5 Å². The molecule has 0 bridgehead atoms. The second kappa shape index (κ2) is 8.28. The first-order chi connectivity index (χ1) is 6.86. The molecule has 0 amide bonds. The van der Waals surface area contributed by atoms with Crippen LogP contribution in [0.4, 0.5) is 4.39 Å². The van der Waals surface area contributed by atoms with Crippen molar-refractivity contribution in [2.75, 3.05) is 6.61 Å². The number of ether oxygens (including phenoxy) is 2. The van der Waals surface area contributed by atoms with E-state index in [9.17, 15) is 4.39 Å². The molecule has 0 saturated carbocycles. The van der Waals surface area contributed by atoms with Gasteiger partial charge in [0.1, 0.15) is 0 Å². The zero-order valence-corrected chi connectivity index (χ0v) is 11.9. The Hall–Kier alpha value is 0.156. The maximum Gasteiger partial charge on any atom is 2.00 e. The van der Waals surface area contributed by atoms with Gasteiger partial charge in [-0.25, -0.2) is 0 Å². The van der Waals surface area contributed by atoms with E-state index in [0.717, 1.165) is 19.3 Å². The molecule has 0 N–H and O–H groups in total. The minimum absolute atomic E-state index is 0. The third-order valence-corrected chi connectivity index (χ3v) is 2.17. The fourth-order valence-electron chi connectivity index (χ4n) is 1.44. The summed E-state index contributed by atoms with van der Waals surface area (Å²) in [5, 5.41) is 0. The van der Waals surface area contributed by atoms with Gasteiger partial charge in [0.25, 0.3) is 0 Å². The van der Waals surface area contributed by atoms with Gasteiger partial charge in [0.15, 0.2) is 6.29 Å². The van der Waals surface area contributed by atoms with Gasteiger partial charge in [-0.3, -0.25) is 4.39 Å². The van der Waals surface area contributed by atoms with Crippen LogP contribution in [0, 0.1) is 11.9 Å². The first kappa shape index (κ1) is 16.2. The molecule has 1 atom stereocenters. The van der Waals surface area contributed by atoms with Crippen molar-refractivity contribution >= 4 is 23.1 Å². The van der Waals surface area contributed by atoms with Crippen LogP contribution in [0.3, 0.4) is 0 Å². The summed E-state index contributed by atoms with van der Waals surface area (Å²) in [6, 6.07) is 7.09. The van der Waals surface area contributed by atoms with Gasteiger partial charge in [-0.1, -0.05) is 0 Å². The number of halogens is 2. The van der Waals surface area contributed by atoms with Crippen LogP contribution in [0.2, 0.25) is 0 Å². The maximum absolute atomic E-state index is 13.1. The van der Waals surface area contributed by atoms with Gasteiger partial charge in [-0.15, -0.1) is 12.1 Å². The molecule has 2 nitrogen and oxygen atoms in total. The smallest absolute Gasteiger partial charge is 1.00 e. The predicted octanol–water partition coefficient (Wildman–Crippen LogP) is -0.846. The van der Waals surface area contributed by atoms with Crippen molar-refractivity contribution in [3.63, 3.8) is 0 Å². The van der Waals surface area contributed by atoms with Crippen molar-refractivity contribution in [3.8, 4) is 5.75 Å². The normalized spacial score (nSPS) is 19.2. The Kier molecular flexibility index (Phi) is 8.36. The summed E-state index contributed by atoms with van der Waals surface area (Å²) in [6.07, 6.45) is 2.68. The summed E-state index contributed by atoms with van der Waals surface area (Å²) >= 11 is 0. The van der Waals surface area contributed by atoms with E-state index in [0.29, 0.717) is 6.61 Å². The molecule has 16 heavy (non-hydrogen) atoms. The predicted molar refractivity (Wildman–Crippen MR) is 55.2 cm³/mol. The first-order valence-corrected chi connectivity index (χ1v) is 4.80.